The van der Waals surface area contributed by atoms with E-state index >= 15 is 4.39 Å². The number of amides is 1. The second-order valence-electron chi connectivity index (χ2n) is 8.87. The molecule has 0 unspecified atom stereocenters. The van der Waals surface area contributed by atoms with Gasteiger partial charge >= 0.3 is 6.09 Å². The molecule has 2 atom stereocenters. The molecule has 208 valence electrons. The lowest BCUT2D eigenvalue weighted by molar-refractivity contribution is 0.0402. The largest absolute Gasteiger partial charge is 0.495 e. The number of carbonyl (C=O) groups is 1. The SMILES string of the molecule is [C-]#[N+]c1cncc(NC(=O)O[C@H](C)[C@H](C)Oc2cc3sc(-c4cc(Cl)cc5cc(OC)cnc45)nc3c(Cl)c2F)c1. The van der Waals surface area contributed by atoms with Crippen LogP contribution < -0.4 is 14.8 Å². The van der Waals surface area contributed by atoms with Crippen LogP contribution in [-0.4, -0.2) is 40.4 Å². The van der Waals surface area contributed by atoms with Gasteiger partial charge in [-0.15, -0.1) is 11.3 Å². The maximum Gasteiger partial charge on any atom is 0.412 e. The molecule has 0 fully saturated rings. The van der Waals surface area contributed by atoms with E-state index in [1.165, 1.54) is 35.9 Å². The van der Waals surface area contributed by atoms with Gasteiger partial charge in [-0.2, -0.15) is 0 Å². The predicted octanol–water partition coefficient (Wildman–Crippen LogP) is 8.32. The zero-order valence-corrected chi connectivity index (χ0v) is 24.1. The van der Waals surface area contributed by atoms with Crippen LogP contribution in [0.2, 0.25) is 10.0 Å². The van der Waals surface area contributed by atoms with Crippen LogP contribution in [0.25, 0.3) is 36.5 Å². The summed E-state index contributed by atoms with van der Waals surface area (Å²) in [5.41, 5.74) is 2.15. The Morgan fingerprint density at radius 1 is 1.10 bits per heavy atom. The molecule has 5 rings (SSSR count). The van der Waals surface area contributed by atoms with Crippen molar-refractivity contribution in [2.75, 3.05) is 12.4 Å². The van der Waals surface area contributed by atoms with E-state index in [9.17, 15) is 4.79 Å². The fourth-order valence-electron chi connectivity index (χ4n) is 3.92. The Labute approximate surface area is 247 Å². The van der Waals surface area contributed by atoms with Gasteiger partial charge in [0.2, 0.25) is 5.69 Å². The second-order valence-corrected chi connectivity index (χ2v) is 10.7. The fraction of sp³-hybridized carbons (Fsp3) is 0.179. The van der Waals surface area contributed by atoms with Crippen molar-refractivity contribution >= 4 is 73.1 Å². The molecule has 2 aromatic carbocycles. The lowest BCUT2D eigenvalue weighted by Gasteiger charge is -2.22. The average molecular weight is 612 g/mol. The van der Waals surface area contributed by atoms with Crippen molar-refractivity contribution in [2.24, 2.45) is 0 Å². The molecule has 0 spiro atoms. The Hall–Kier alpha value is -4.24. The molecule has 0 aliphatic heterocycles. The molecule has 0 saturated carbocycles. The predicted molar refractivity (Wildman–Crippen MR) is 157 cm³/mol. The highest BCUT2D eigenvalue weighted by molar-refractivity contribution is 7.21. The number of hydrogen-bond acceptors (Lipinski definition) is 8. The van der Waals surface area contributed by atoms with Crippen molar-refractivity contribution in [2.45, 2.75) is 26.1 Å². The number of pyridine rings is 2. The maximum atomic E-state index is 15.3. The Balaban J connectivity index is 1.38. The minimum Gasteiger partial charge on any atom is -0.495 e. The molecular weight excluding hydrogens is 592 g/mol. The first kappa shape index (κ1) is 28.3. The summed E-state index contributed by atoms with van der Waals surface area (Å²) < 4.78 is 32.3. The van der Waals surface area contributed by atoms with Crippen molar-refractivity contribution in [3.8, 4) is 22.1 Å². The quantitative estimate of drug-likeness (QED) is 0.185. The first-order valence-electron chi connectivity index (χ1n) is 12.1. The van der Waals surface area contributed by atoms with Crippen LogP contribution in [0.4, 0.5) is 20.6 Å². The maximum absolute atomic E-state index is 15.3. The first-order chi connectivity index (χ1) is 19.7. The van der Waals surface area contributed by atoms with Gasteiger partial charge in [-0.3, -0.25) is 15.3 Å². The van der Waals surface area contributed by atoms with Crippen molar-refractivity contribution in [3.05, 3.63) is 76.2 Å². The molecule has 3 aromatic heterocycles. The molecule has 0 saturated heterocycles. The third kappa shape index (κ3) is 5.95. The number of benzene rings is 2. The number of nitrogens with one attached hydrogen (secondary N) is 1. The van der Waals surface area contributed by atoms with Crippen molar-refractivity contribution in [1.82, 2.24) is 15.0 Å². The molecule has 5 aromatic rings. The number of nitrogens with zero attached hydrogens (tertiary/aromatic N) is 4. The summed E-state index contributed by atoms with van der Waals surface area (Å²) in [7, 11) is 1.55. The summed E-state index contributed by atoms with van der Waals surface area (Å²) in [5, 5.41) is 4.08. The highest BCUT2D eigenvalue weighted by Crippen LogP contribution is 2.41. The molecule has 0 aliphatic carbocycles. The number of fused-ring (bicyclic) bond motifs is 2. The molecular formula is C28H20Cl2FN5O4S. The lowest BCUT2D eigenvalue weighted by Crippen LogP contribution is -2.32. The number of ether oxygens (including phenoxy) is 3. The normalized spacial score (nSPS) is 12.5. The highest BCUT2D eigenvalue weighted by Gasteiger charge is 2.24. The van der Waals surface area contributed by atoms with Gasteiger partial charge in [0.15, 0.2) is 11.6 Å². The molecule has 0 aliphatic rings. The fourth-order valence-corrected chi connectivity index (χ4v) is 5.46. The number of rotatable bonds is 7. The summed E-state index contributed by atoms with van der Waals surface area (Å²) in [6, 6.07) is 8.29. The topological polar surface area (TPSA) is 99.8 Å². The number of anilines is 1. The number of aromatic nitrogens is 3. The molecule has 3 heterocycles. The van der Waals surface area contributed by atoms with Crippen LogP contribution in [0.1, 0.15) is 13.8 Å². The Morgan fingerprint density at radius 3 is 2.66 bits per heavy atom. The summed E-state index contributed by atoms with van der Waals surface area (Å²) in [6.07, 6.45) is 2.04. The van der Waals surface area contributed by atoms with Crippen molar-refractivity contribution in [3.63, 3.8) is 0 Å². The monoisotopic (exact) mass is 611 g/mol. The average Bonchev–Trinajstić information content (AvgIpc) is 3.39. The van der Waals surface area contributed by atoms with Crippen molar-refractivity contribution in [1.29, 1.82) is 0 Å². The van der Waals surface area contributed by atoms with Gasteiger partial charge in [0.1, 0.15) is 33.5 Å². The smallest absolute Gasteiger partial charge is 0.412 e. The van der Waals surface area contributed by atoms with E-state index < -0.39 is 24.1 Å². The lowest BCUT2D eigenvalue weighted by atomic mass is 10.1. The van der Waals surface area contributed by atoms with Crippen LogP contribution in [0.3, 0.4) is 0 Å². The van der Waals surface area contributed by atoms with Gasteiger partial charge in [-0.1, -0.05) is 23.2 Å². The number of methoxy groups -OCH3 is 1. The van der Waals surface area contributed by atoms with E-state index in [0.717, 1.165) is 5.39 Å². The summed E-state index contributed by atoms with van der Waals surface area (Å²) in [4.78, 5) is 28.6. The van der Waals surface area contributed by atoms with E-state index in [1.807, 2.05) is 6.07 Å². The van der Waals surface area contributed by atoms with Gasteiger partial charge in [-0.25, -0.2) is 19.0 Å². The Morgan fingerprint density at radius 2 is 1.90 bits per heavy atom. The molecule has 1 amide bonds. The summed E-state index contributed by atoms with van der Waals surface area (Å²) >= 11 is 14.0. The standard InChI is InChI=1S/C28H20Cl2FN5O4S/c1-13(14(2)40-28(37)35-18-8-17(32-3)10-33-11-18)39-21-9-22-26(23(30)24(21)31)36-27(41-22)20-7-16(29)5-15-6-19(38-4)12-34-25(15)20/h5-14H,1-2,4H3,(H,35,37)/t13-,14+/m0/s1. The van der Waals surface area contributed by atoms with Gasteiger partial charge in [0, 0.05) is 34.4 Å². The Bertz CT molecular complexity index is 1840. The molecule has 9 nitrogen and oxygen atoms in total. The van der Waals surface area contributed by atoms with Crippen LogP contribution >= 0.6 is 34.5 Å². The minimum atomic E-state index is -0.791. The highest BCUT2D eigenvalue weighted by atomic mass is 35.5. The molecule has 0 bridgehead atoms. The van der Waals surface area contributed by atoms with Gasteiger partial charge in [0.25, 0.3) is 0 Å². The number of thiazole rings is 1. The van der Waals surface area contributed by atoms with E-state index in [4.69, 9.17) is 44.0 Å². The van der Waals surface area contributed by atoms with Gasteiger partial charge in [-0.05, 0) is 38.1 Å². The van der Waals surface area contributed by atoms with Gasteiger partial charge < -0.3 is 14.2 Å². The number of halogens is 3. The van der Waals surface area contributed by atoms with E-state index in [-0.39, 0.29) is 22.0 Å². The van der Waals surface area contributed by atoms with Crippen molar-refractivity contribution < 1.29 is 23.4 Å². The van der Waals surface area contributed by atoms with Gasteiger partial charge in [0.05, 0.1) is 35.8 Å². The van der Waals surface area contributed by atoms with Crippen LogP contribution in [0.15, 0.2) is 48.9 Å². The van der Waals surface area contributed by atoms with E-state index in [2.05, 4.69) is 25.1 Å². The first-order valence-corrected chi connectivity index (χ1v) is 13.6. The third-order valence-corrected chi connectivity index (χ3v) is 7.69. The second kappa shape index (κ2) is 11.7. The van der Waals surface area contributed by atoms with Crippen LogP contribution in [-0.2, 0) is 4.74 Å². The molecule has 41 heavy (non-hydrogen) atoms. The summed E-state index contributed by atoms with van der Waals surface area (Å²) in [5.74, 6) is -0.327. The molecule has 1 N–H and O–H groups in total. The zero-order chi connectivity index (χ0) is 29.3. The zero-order valence-electron chi connectivity index (χ0n) is 21.7. The number of hydrogen-bond donors (Lipinski definition) is 1. The van der Waals surface area contributed by atoms with E-state index in [1.54, 1.807) is 39.3 Å². The summed E-state index contributed by atoms with van der Waals surface area (Å²) in [6.45, 7) is 10.3. The van der Waals surface area contributed by atoms with Crippen LogP contribution in [0.5, 0.6) is 11.5 Å². The van der Waals surface area contributed by atoms with Crippen LogP contribution in [0, 0.1) is 12.4 Å². The third-order valence-electron chi connectivity index (χ3n) is 6.09. The number of carbonyl (C=O) groups excluding carboxylic acids is 1. The molecule has 0 radical (unpaired) electrons. The Kier molecular flexibility index (Phi) is 8.08. The van der Waals surface area contributed by atoms with E-state index in [0.29, 0.717) is 37.2 Å². The minimum absolute atomic E-state index is 0.117. The molecule has 13 heteroatoms.